The number of benzene rings is 1. The Kier molecular flexibility index (Phi) is 1.54. The van der Waals surface area contributed by atoms with Crippen LogP contribution in [0.3, 0.4) is 0 Å². The molecular formula is C11H9NO3. The van der Waals surface area contributed by atoms with Gasteiger partial charge in [-0.25, -0.2) is 0 Å². The van der Waals surface area contributed by atoms with Crippen LogP contribution in [0.5, 0.6) is 11.5 Å². The number of hydrogen-bond donors (Lipinski definition) is 0. The lowest BCUT2D eigenvalue weighted by atomic mass is 10.2. The molecule has 0 spiro atoms. The summed E-state index contributed by atoms with van der Waals surface area (Å²) in [5.74, 6) is 1.44. The van der Waals surface area contributed by atoms with Gasteiger partial charge in [-0.05, 0) is 12.1 Å². The number of aryl methyl sites for hydroxylation is 1. The highest BCUT2D eigenvalue weighted by Crippen LogP contribution is 2.35. The maximum atomic E-state index is 11.4. The number of nitrogens with zero attached hydrogens (tertiary/aromatic N) is 1. The molecule has 1 aromatic carbocycles. The third kappa shape index (κ3) is 1.11. The maximum Gasteiger partial charge on any atom is 0.250 e. The SMILES string of the molecule is Cn1c(=O)ccc2cc3c(cc21)OCO3. The minimum atomic E-state index is -0.0265. The van der Waals surface area contributed by atoms with E-state index in [-0.39, 0.29) is 12.4 Å². The Bertz CT molecular complexity index is 601. The summed E-state index contributed by atoms with van der Waals surface area (Å²) in [7, 11) is 1.74. The van der Waals surface area contributed by atoms with Crippen molar-refractivity contribution >= 4 is 10.9 Å². The van der Waals surface area contributed by atoms with Gasteiger partial charge in [-0.1, -0.05) is 0 Å². The lowest BCUT2D eigenvalue weighted by molar-refractivity contribution is 0.174. The first-order chi connectivity index (χ1) is 7.25. The van der Waals surface area contributed by atoms with Crippen molar-refractivity contribution in [3.05, 3.63) is 34.6 Å². The number of aromatic nitrogens is 1. The molecule has 0 saturated heterocycles. The zero-order chi connectivity index (χ0) is 10.4. The van der Waals surface area contributed by atoms with Gasteiger partial charge in [0.05, 0.1) is 5.52 Å². The molecule has 0 unspecified atom stereocenters. The lowest BCUT2D eigenvalue weighted by Crippen LogP contribution is -2.14. The lowest BCUT2D eigenvalue weighted by Gasteiger charge is -2.05. The molecule has 76 valence electrons. The summed E-state index contributed by atoms with van der Waals surface area (Å²) >= 11 is 0. The Morgan fingerprint density at radius 2 is 1.93 bits per heavy atom. The van der Waals surface area contributed by atoms with Crippen LogP contribution in [-0.2, 0) is 7.05 Å². The predicted octanol–water partition coefficient (Wildman–Crippen LogP) is 1.27. The summed E-state index contributed by atoms with van der Waals surface area (Å²) in [5.41, 5.74) is 0.827. The van der Waals surface area contributed by atoms with Crippen molar-refractivity contribution in [3.63, 3.8) is 0 Å². The normalized spacial score (nSPS) is 13.4. The first kappa shape index (κ1) is 8.35. The van der Waals surface area contributed by atoms with Crippen molar-refractivity contribution in [3.8, 4) is 11.5 Å². The van der Waals surface area contributed by atoms with Crippen molar-refractivity contribution in [2.75, 3.05) is 6.79 Å². The molecule has 1 aliphatic rings. The smallest absolute Gasteiger partial charge is 0.250 e. The van der Waals surface area contributed by atoms with E-state index in [4.69, 9.17) is 9.47 Å². The van der Waals surface area contributed by atoms with E-state index in [1.807, 2.05) is 12.1 Å². The average Bonchev–Trinajstić information content (AvgIpc) is 2.68. The highest BCUT2D eigenvalue weighted by atomic mass is 16.7. The highest BCUT2D eigenvalue weighted by molar-refractivity contribution is 5.83. The van der Waals surface area contributed by atoms with Gasteiger partial charge in [0, 0.05) is 24.6 Å². The molecule has 0 radical (unpaired) electrons. The van der Waals surface area contributed by atoms with E-state index in [2.05, 4.69) is 0 Å². The molecule has 0 fully saturated rings. The monoisotopic (exact) mass is 203 g/mol. The summed E-state index contributed by atoms with van der Waals surface area (Å²) in [6.07, 6.45) is 0. The third-order valence-electron chi connectivity index (χ3n) is 2.62. The van der Waals surface area contributed by atoms with Gasteiger partial charge in [0.1, 0.15) is 0 Å². The molecule has 2 heterocycles. The molecule has 0 saturated carbocycles. The van der Waals surface area contributed by atoms with Crippen molar-refractivity contribution in [2.45, 2.75) is 0 Å². The summed E-state index contributed by atoms with van der Waals surface area (Å²) < 4.78 is 12.1. The number of pyridine rings is 1. The first-order valence-corrected chi connectivity index (χ1v) is 4.65. The van der Waals surface area contributed by atoms with Crippen LogP contribution < -0.4 is 15.0 Å². The second-order valence-corrected chi connectivity index (χ2v) is 3.49. The van der Waals surface area contributed by atoms with E-state index in [0.29, 0.717) is 5.75 Å². The van der Waals surface area contributed by atoms with Gasteiger partial charge in [-0.2, -0.15) is 0 Å². The highest BCUT2D eigenvalue weighted by Gasteiger charge is 2.14. The molecule has 0 amide bonds. The zero-order valence-electron chi connectivity index (χ0n) is 8.19. The maximum absolute atomic E-state index is 11.4. The molecule has 1 aromatic heterocycles. The summed E-state index contributed by atoms with van der Waals surface area (Å²) in [5, 5.41) is 0.973. The number of rotatable bonds is 0. The molecular weight excluding hydrogens is 194 g/mol. The van der Waals surface area contributed by atoms with Crippen LogP contribution in [0.4, 0.5) is 0 Å². The van der Waals surface area contributed by atoms with Crippen LogP contribution in [0, 0.1) is 0 Å². The summed E-state index contributed by atoms with van der Waals surface area (Å²) in [6.45, 7) is 0.250. The average molecular weight is 203 g/mol. The van der Waals surface area contributed by atoms with Gasteiger partial charge < -0.3 is 14.0 Å². The van der Waals surface area contributed by atoms with Crippen LogP contribution in [0.15, 0.2) is 29.1 Å². The Labute approximate surface area is 85.7 Å². The van der Waals surface area contributed by atoms with Crippen molar-refractivity contribution in [2.24, 2.45) is 7.05 Å². The number of fused-ring (bicyclic) bond motifs is 2. The predicted molar refractivity (Wildman–Crippen MR) is 55.3 cm³/mol. The van der Waals surface area contributed by atoms with E-state index in [9.17, 15) is 4.79 Å². The first-order valence-electron chi connectivity index (χ1n) is 4.65. The van der Waals surface area contributed by atoms with E-state index in [0.717, 1.165) is 16.7 Å². The molecule has 0 atom stereocenters. The summed E-state index contributed by atoms with van der Waals surface area (Å²) in [4.78, 5) is 11.4. The van der Waals surface area contributed by atoms with Crippen LogP contribution in [0.2, 0.25) is 0 Å². The fourth-order valence-corrected chi connectivity index (χ4v) is 1.76. The van der Waals surface area contributed by atoms with E-state index >= 15 is 0 Å². The van der Waals surface area contributed by atoms with Crippen LogP contribution in [0.1, 0.15) is 0 Å². The molecule has 0 N–H and O–H groups in total. The van der Waals surface area contributed by atoms with Crippen LogP contribution in [-0.4, -0.2) is 11.4 Å². The number of ether oxygens (including phenoxy) is 2. The Morgan fingerprint density at radius 3 is 2.73 bits per heavy atom. The Hall–Kier alpha value is -1.97. The van der Waals surface area contributed by atoms with Gasteiger partial charge in [0.25, 0.3) is 5.56 Å². The van der Waals surface area contributed by atoms with Gasteiger partial charge in [0.2, 0.25) is 6.79 Å². The Balaban J connectivity index is 2.43. The van der Waals surface area contributed by atoms with Crippen molar-refractivity contribution in [1.29, 1.82) is 0 Å². The molecule has 1 aliphatic heterocycles. The standard InChI is InChI=1S/C11H9NO3/c1-12-8-5-10-9(14-6-15-10)4-7(8)2-3-11(12)13/h2-5H,6H2,1H3. The van der Waals surface area contributed by atoms with Crippen molar-refractivity contribution < 1.29 is 9.47 Å². The molecule has 2 aromatic rings. The summed E-state index contributed by atoms with van der Waals surface area (Å²) in [6, 6.07) is 7.06. The molecule has 15 heavy (non-hydrogen) atoms. The van der Waals surface area contributed by atoms with Gasteiger partial charge in [-0.3, -0.25) is 4.79 Å². The van der Waals surface area contributed by atoms with E-state index in [1.165, 1.54) is 0 Å². The molecule has 4 nitrogen and oxygen atoms in total. The van der Waals surface area contributed by atoms with Crippen LogP contribution in [0.25, 0.3) is 10.9 Å². The molecule has 4 heteroatoms. The van der Waals surface area contributed by atoms with Gasteiger partial charge in [0.15, 0.2) is 11.5 Å². The van der Waals surface area contributed by atoms with Gasteiger partial charge in [-0.15, -0.1) is 0 Å². The zero-order valence-corrected chi connectivity index (χ0v) is 8.19. The molecule has 3 rings (SSSR count). The van der Waals surface area contributed by atoms with E-state index < -0.39 is 0 Å². The fraction of sp³-hybridized carbons (Fsp3) is 0.182. The molecule has 0 aliphatic carbocycles. The minimum absolute atomic E-state index is 0.0265. The molecule has 0 bridgehead atoms. The second kappa shape index (κ2) is 2.76. The van der Waals surface area contributed by atoms with E-state index in [1.54, 1.807) is 23.7 Å². The van der Waals surface area contributed by atoms with Gasteiger partial charge >= 0.3 is 0 Å². The topological polar surface area (TPSA) is 40.5 Å². The van der Waals surface area contributed by atoms with Crippen LogP contribution >= 0.6 is 0 Å². The quantitative estimate of drug-likeness (QED) is 0.647. The minimum Gasteiger partial charge on any atom is -0.454 e. The number of hydrogen-bond acceptors (Lipinski definition) is 3. The Morgan fingerprint density at radius 1 is 1.20 bits per heavy atom. The largest absolute Gasteiger partial charge is 0.454 e. The second-order valence-electron chi connectivity index (χ2n) is 3.49. The third-order valence-corrected chi connectivity index (χ3v) is 2.62. The van der Waals surface area contributed by atoms with Crippen molar-refractivity contribution in [1.82, 2.24) is 4.57 Å². The fourth-order valence-electron chi connectivity index (χ4n) is 1.76.